The molecule has 138 valence electrons. The quantitative estimate of drug-likeness (QED) is 0.261. The second-order valence-electron chi connectivity index (χ2n) is 5.38. The average molecular weight is 458 g/mol. The van der Waals surface area contributed by atoms with Crippen LogP contribution < -0.4 is 15.4 Å². The number of nitrogens with one attached hydrogen (secondary N) is 2. The van der Waals surface area contributed by atoms with Crippen molar-refractivity contribution in [2.75, 3.05) is 20.2 Å². The Hall–Kier alpha value is -1.84. The lowest BCUT2D eigenvalue weighted by Crippen LogP contribution is -2.37. The van der Waals surface area contributed by atoms with Gasteiger partial charge in [-0.15, -0.1) is 34.2 Å². The van der Waals surface area contributed by atoms with E-state index in [4.69, 9.17) is 4.74 Å². The first-order valence-corrected chi connectivity index (χ1v) is 8.29. The van der Waals surface area contributed by atoms with Gasteiger partial charge in [0.25, 0.3) is 0 Å². The van der Waals surface area contributed by atoms with Gasteiger partial charge < -0.3 is 19.9 Å². The summed E-state index contributed by atoms with van der Waals surface area (Å²) in [6.45, 7) is 5.37. The third-order valence-electron chi connectivity index (χ3n) is 3.53. The number of halogens is 1. The monoisotopic (exact) mass is 458 g/mol. The molecule has 1 aromatic carbocycles. The van der Waals surface area contributed by atoms with E-state index >= 15 is 0 Å². The molecule has 0 saturated carbocycles. The van der Waals surface area contributed by atoms with Crippen LogP contribution in [0.2, 0.25) is 0 Å². The predicted octanol–water partition coefficient (Wildman–Crippen LogP) is 2.44. The van der Waals surface area contributed by atoms with Crippen molar-refractivity contribution in [3.8, 4) is 5.75 Å². The fraction of sp³-hybridized carbons (Fsp3) is 0.471. The van der Waals surface area contributed by atoms with E-state index in [9.17, 15) is 0 Å². The lowest BCUT2D eigenvalue weighted by molar-refractivity contribution is 0.414. The van der Waals surface area contributed by atoms with Crippen molar-refractivity contribution >= 4 is 29.9 Å². The Bertz CT molecular complexity index is 600. The number of aromatic nitrogens is 3. The van der Waals surface area contributed by atoms with E-state index in [0.717, 1.165) is 49.7 Å². The zero-order valence-electron chi connectivity index (χ0n) is 14.8. The standard InChI is InChI=1S/C17H26N6O.HI/c1-3-18-17(19-10-4-5-11-23-13-21-22-14-23)20-12-15-6-8-16(24-2)9-7-15;/h6-9,13-14H,3-5,10-12H2,1-2H3,(H2,18,19,20);1H. The molecule has 1 aromatic heterocycles. The summed E-state index contributed by atoms with van der Waals surface area (Å²) < 4.78 is 7.16. The fourth-order valence-corrected chi connectivity index (χ4v) is 2.21. The maximum atomic E-state index is 5.17. The van der Waals surface area contributed by atoms with Gasteiger partial charge in [0, 0.05) is 19.6 Å². The molecule has 0 radical (unpaired) electrons. The molecule has 0 bridgehead atoms. The number of aliphatic imine (C=N–C) groups is 1. The van der Waals surface area contributed by atoms with Crippen LogP contribution in [-0.2, 0) is 13.1 Å². The normalized spacial score (nSPS) is 10.9. The number of hydrogen-bond acceptors (Lipinski definition) is 4. The molecule has 2 N–H and O–H groups in total. The highest BCUT2D eigenvalue weighted by molar-refractivity contribution is 14.0. The highest BCUT2D eigenvalue weighted by atomic mass is 127. The highest BCUT2D eigenvalue weighted by Crippen LogP contribution is 2.11. The van der Waals surface area contributed by atoms with Gasteiger partial charge >= 0.3 is 0 Å². The summed E-state index contributed by atoms with van der Waals surface area (Å²) in [6.07, 6.45) is 5.62. The van der Waals surface area contributed by atoms with Crippen molar-refractivity contribution in [2.45, 2.75) is 32.9 Å². The Morgan fingerprint density at radius 3 is 2.48 bits per heavy atom. The lowest BCUT2D eigenvalue weighted by atomic mass is 10.2. The number of benzene rings is 1. The van der Waals surface area contributed by atoms with Crippen LogP contribution in [0.15, 0.2) is 41.9 Å². The number of nitrogens with zero attached hydrogens (tertiary/aromatic N) is 4. The molecule has 7 nitrogen and oxygen atoms in total. The number of unbranched alkanes of at least 4 members (excludes halogenated alkanes) is 1. The van der Waals surface area contributed by atoms with Gasteiger partial charge in [-0.25, -0.2) is 4.99 Å². The number of aryl methyl sites for hydroxylation is 1. The second-order valence-corrected chi connectivity index (χ2v) is 5.38. The molecule has 2 aromatic rings. The van der Waals surface area contributed by atoms with Crippen molar-refractivity contribution in [3.05, 3.63) is 42.5 Å². The minimum Gasteiger partial charge on any atom is -0.497 e. The Morgan fingerprint density at radius 1 is 1.12 bits per heavy atom. The number of guanidine groups is 1. The van der Waals surface area contributed by atoms with Crippen LogP contribution in [-0.4, -0.2) is 40.9 Å². The van der Waals surface area contributed by atoms with Crippen molar-refractivity contribution in [1.29, 1.82) is 0 Å². The van der Waals surface area contributed by atoms with Crippen molar-refractivity contribution in [3.63, 3.8) is 0 Å². The maximum absolute atomic E-state index is 5.17. The molecular weight excluding hydrogens is 431 g/mol. The molecule has 2 rings (SSSR count). The van der Waals surface area contributed by atoms with Gasteiger partial charge in [-0.1, -0.05) is 12.1 Å². The van der Waals surface area contributed by atoms with E-state index in [0.29, 0.717) is 6.54 Å². The largest absolute Gasteiger partial charge is 0.497 e. The van der Waals surface area contributed by atoms with Gasteiger partial charge in [-0.3, -0.25) is 0 Å². The smallest absolute Gasteiger partial charge is 0.191 e. The SMILES string of the molecule is CCNC(=NCc1ccc(OC)cc1)NCCCCn1cnnc1.I. The molecular formula is C17H27IN6O. The Morgan fingerprint density at radius 2 is 1.84 bits per heavy atom. The third-order valence-corrected chi connectivity index (χ3v) is 3.53. The Kier molecular flexibility index (Phi) is 10.6. The van der Waals surface area contributed by atoms with E-state index in [-0.39, 0.29) is 24.0 Å². The Labute approximate surface area is 166 Å². The van der Waals surface area contributed by atoms with Crippen molar-refractivity contribution in [2.24, 2.45) is 4.99 Å². The summed E-state index contributed by atoms with van der Waals surface area (Å²) in [7, 11) is 1.67. The second kappa shape index (κ2) is 12.5. The van der Waals surface area contributed by atoms with Gasteiger partial charge in [0.1, 0.15) is 18.4 Å². The molecule has 1 heterocycles. The third kappa shape index (κ3) is 8.19. The summed E-state index contributed by atoms with van der Waals surface area (Å²) >= 11 is 0. The Balaban J connectivity index is 0.00000312. The molecule has 8 heteroatoms. The summed E-state index contributed by atoms with van der Waals surface area (Å²) in [5.41, 5.74) is 1.15. The van der Waals surface area contributed by atoms with Gasteiger partial charge in [0.2, 0.25) is 0 Å². The molecule has 0 amide bonds. The summed E-state index contributed by atoms with van der Waals surface area (Å²) in [5, 5.41) is 14.2. The summed E-state index contributed by atoms with van der Waals surface area (Å²) in [5.74, 6) is 1.71. The molecule has 0 unspecified atom stereocenters. The van der Waals surface area contributed by atoms with Crippen molar-refractivity contribution in [1.82, 2.24) is 25.4 Å². The van der Waals surface area contributed by atoms with E-state index in [1.54, 1.807) is 19.8 Å². The zero-order chi connectivity index (χ0) is 17.0. The molecule has 25 heavy (non-hydrogen) atoms. The van der Waals surface area contributed by atoms with E-state index in [1.165, 1.54) is 0 Å². The van der Waals surface area contributed by atoms with Crippen LogP contribution in [0.5, 0.6) is 5.75 Å². The topological polar surface area (TPSA) is 76.4 Å². The molecule has 0 saturated heterocycles. The molecule has 0 atom stereocenters. The predicted molar refractivity (Wildman–Crippen MR) is 110 cm³/mol. The average Bonchev–Trinajstić information content (AvgIpc) is 3.13. The minimum atomic E-state index is 0. The summed E-state index contributed by atoms with van der Waals surface area (Å²) in [4.78, 5) is 4.62. The first-order valence-electron chi connectivity index (χ1n) is 8.29. The molecule has 0 aliphatic rings. The van der Waals surface area contributed by atoms with Crippen LogP contribution >= 0.6 is 24.0 Å². The summed E-state index contributed by atoms with van der Waals surface area (Å²) in [6, 6.07) is 7.97. The van der Waals surface area contributed by atoms with E-state index in [2.05, 4.69) is 32.7 Å². The number of methoxy groups -OCH3 is 1. The van der Waals surface area contributed by atoms with Gasteiger partial charge in [-0.05, 0) is 37.5 Å². The number of ether oxygens (including phenoxy) is 1. The van der Waals surface area contributed by atoms with Crippen LogP contribution in [0.25, 0.3) is 0 Å². The molecule has 0 aliphatic heterocycles. The van der Waals surface area contributed by atoms with Gasteiger partial charge in [-0.2, -0.15) is 0 Å². The number of hydrogen-bond donors (Lipinski definition) is 2. The maximum Gasteiger partial charge on any atom is 0.191 e. The van der Waals surface area contributed by atoms with Crippen molar-refractivity contribution < 1.29 is 4.74 Å². The van der Waals surface area contributed by atoms with Gasteiger partial charge in [0.05, 0.1) is 13.7 Å². The minimum absolute atomic E-state index is 0. The highest BCUT2D eigenvalue weighted by Gasteiger charge is 1.99. The van der Waals surface area contributed by atoms with Crippen LogP contribution in [0.4, 0.5) is 0 Å². The van der Waals surface area contributed by atoms with Crippen LogP contribution in [0.1, 0.15) is 25.3 Å². The first-order chi connectivity index (χ1) is 11.8. The van der Waals surface area contributed by atoms with Gasteiger partial charge in [0.15, 0.2) is 5.96 Å². The lowest BCUT2D eigenvalue weighted by Gasteiger charge is -2.11. The van der Waals surface area contributed by atoms with Crippen LogP contribution in [0.3, 0.4) is 0 Å². The molecule has 0 spiro atoms. The van der Waals surface area contributed by atoms with Crippen LogP contribution in [0, 0.1) is 0 Å². The number of rotatable bonds is 9. The molecule has 0 fully saturated rings. The molecule has 0 aliphatic carbocycles. The zero-order valence-corrected chi connectivity index (χ0v) is 17.1. The fourth-order valence-electron chi connectivity index (χ4n) is 2.21. The first kappa shape index (κ1) is 21.2. The van der Waals surface area contributed by atoms with E-state index in [1.807, 2.05) is 28.8 Å². The van der Waals surface area contributed by atoms with E-state index < -0.39 is 0 Å².